The van der Waals surface area contributed by atoms with Gasteiger partial charge in [0.1, 0.15) is 17.5 Å². The molecular formula is C12H22N4O2. The number of nitrogens with zero attached hydrogens (tertiary/aromatic N) is 2. The first-order valence-electron chi connectivity index (χ1n) is 6.10. The lowest BCUT2D eigenvalue weighted by atomic mass is 10.4. The second-order valence-corrected chi connectivity index (χ2v) is 3.82. The van der Waals surface area contributed by atoms with E-state index < -0.39 is 0 Å². The van der Waals surface area contributed by atoms with E-state index in [9.17, 15) is 0 Å². The van der Waals surface area contributed by atoms with Gasteiger partial charge in [-0.05, 0) is 13.3 Å². The van der Waals surface area contributed by atoms with Gasteiger partial charge in [-0.15, -0.1) is 0 Å². The highest BCUT2D eigenvalue weighted by Gasteiger charge is 1.99. The molecule has 0 aliphatic carbocycles. The first-order valence-corrected chi connectivity index (χ1v) is 6.10. The molecule has 0 aliphatic heterocycles. The summed E-state index contributed by atoms with van der Waals surface area (Å²) in [6.07, 6.45) is 0.932. The number of methoxy groups -OCH3 is 1. The zero-order valence-corrected chi connectivity index (χ0v) is 11.3. The van der Waals surface area contributed by atoms with Gasteiger partial charge in [0.05, 0.1) is 13.2 Å². The van der Waals surface area contributed by atoms with Crippen molar-refractivity contribution in [2.75, 3.05) is 51.2 Å². The SMILES string of the molecule is CNc1cc(NCCCOCCOC)nc(C)n1. The maximum Gasteiger partial charge on any atom is 0.131 e. The summed E-state index contributed by atoms with van der Waals surface area (Å²) in [4.78, 5) is 8.54. The standard InChI is InChI=1S/C12H22N4O2/c1-10-15-11(13-2)9-12(16-10)14-5-4-6-18-8-7-17-3/h9H,4-8H2,1-3H3,(H2,13,14,15,16). The highest BCUT2D eigenvalue weighted by atomic mass is 16.5. The fraction of sp³-hybridized carbons (Fsp3) is 0.667. The van der Waals surface area contributed by atoms with Gasteiger partial charge in [0.15, 0.2) is 0 Å². The van der Waals surface area contributed by atoms with Crippen LogP contribution in [0, 0.1) is 6.92 Å². The maximum atomic E-state index is 5.37. The van der Waals surface area contributed by atoms with Crippen molar-refractivity contribution in [3.8, 4) is 0 Å². The molecule has 2 N–H and O–H groups in total. The summed E-state index contributed by atoms with van der Waals surface area (Å²) >= 11 is 0. The number of ether oxygens (including phenoxy) is 2. The summed E-state index contributed by atoms with van der Waals surface area (Å²) in [6.45, 7) is 4.71. The maximum absolute atomic E-state index is 5.37. The summed E-state index contributed by atoms with van der Waals surface area (Å²) in [7, 11) is 3.51. The van der Waals surface area contributed by atoms with E-state index in [0.29, 0.717) is 13.2 Å². The quantitative estimate of drug-likeness (QED) is 0.647. The second-order valence-electron chi connectivity index (χ2n) is 3.82. The third kappa shape index (κ3) is 5.79. The van der Waals surface area contributed by atoms with Gasteiger partial charge in [-0.1, -0.05) is 0 Å². The van der Waals surface area contributed by atoms with Crippen LogP contribution in [0.25, 0.3) is 0 Å². The van der Waals surface area contributed by atoms with Crippen LogP contribution in [0.15, 0.2) is 6.07 Å². The third-order valence-electron chi connectivity index (χ3n) is 2.30. The number of hydrogen-bond acceptors (Lipinski definition) is 6. The lowest BCUT2D eigenvalue weighted by Crippen LogP contribution is -2.10. The van der Waals surface area contributed by atoms with E-state index in [-0.39, 0.29) is 0 Å². The normalized spacial score (nSPS) is 10.4. The van der Waals surface area contributed by atoms with E-state index in [0.717, 1.165) is 37.0 Å². The molecule has 0 bridgehead atoms. The van der Waals surface area contributed by atoms with Crippen molar-refractivity contribution in [3.05, 3.63) is 11.9 Å². The minimum absolute atomic E-state index is 0.643. The van der Waals surface area contributed by atoms with Gasteiger partial charge in [0.2, 0.25) is 0 Å². The zero-order chi connectivity index (χ0) is 13.2. The van der Waals surface area contributed by atoms with Crippen LogP contribution in [-0.4, -0.2) is 50.5 Å². The molecule has 1 heterocycles. The second kappa shape index (κ2) is 8.66. The van der Waals surface area contributed by atoms with Crippen LogP contribution in [0.2, 0.25) is 0 Å². The molecule has 0 saturated carbocycles. The molecule has 0 amide bonds. The monoisotopic (exact) mass is 254 g/mol. The lowest BCUT2D eigenvalue weighted by molar-refractivity contribution is 0.0705. The van der Waals surface area contributed by atoms with Crippen molar-refractivity contribution in [1.29, 1.82) is 0 Å². The topological polar surface area (TPSA) is 68.3 Å². The Hall–Kier alpha value is -1.40. The number of anilines is 2. The van der Waals surface area contributed by atoms with Gasteiger partial charge in [-0.2, -0.15) is 0 Å². The van der Waals surface area contributed by atoms with Crippen molar-refractivity contribution in [2.45, 2.75) is 13.3 Å². The molecule has 6 heteroatoms. The Kier molecular flexibility index (Phi) is 7.05. The highest BCUT2D eigenvalue weighted by Crippen LogP contribution is 2.09. The number of nitrogens with one attached hydrogen (secondary N) is 2. The summed E-state index contributed by atoms with van der Waals surface area (Å²) in [5.74, 6) is 2.41. The van der Waals surface area contributed by atoms with E-state index in [4.69, 9.17) is 9.47 Å². The number of rotatable bonds is 9. The van der Waals surface area contributed by atoms with Gasteiger partial charge in [-0.25, -0.2) is 9.97 Å². The molecule has 102 valence electrons. The first-order chi connectivity index (χ1) is 8.76. The molecule has 0 saturated heterocycles. The van der Waals surface area contributed by atoms with Crippen LogP contribution in [0.5, 0.6) is 0 Å². The van der Waals surface area contributed by atoms with Crippen molar-refractivity contribution >= 4 is 11.6 Å². The molecule has 0 atom stereocenters. The Morgan fingerprint density at radius 1 is 1.17 bits per heavy atom. The molecule has 0 aromatic carbocycles. The minimum Gasteiger partial charge on any atom is -0.382 e. The van der Waals surface area contributed by atoms with Crippen LogP contribution in [-0.2, 0) is 9.47 Å². The lowest BCUT2D eigenvalue weighted by Gasteiger charge is -2.08. The predicted octanol–water partition coefficient (Wildman–Crippen LogP) is 1.29. The van der Waals surface area contributed by atoms with E-state index in [1.807, 2.05) is 20.0 Å². The van der Waals surface area contributed by atoms with Gasteiger partial charge in [0, 0.05) is 33.4 Å². The summed E-state index contributed by atoms with van der Waals surface area (Å²) in [5, 5.41) is 6.25. The Bertz CT molecular complexity index is 347. The van der Waals surface area contributed by atoms with Crippen molar-refractivity contribution in [2.24, 2.45) is 0 Å². The zero-order valence-electron chi connectivity index (χ0n) is 11.3. The third-order valence-corrected chi connectivity index (χ3v) is 2.30. The average molecular weight is 254 g/mol. The van der Waals surface area contributed by atoms with E-state index in [1.165, 1.54) is 0 Å². The number of aryl methyl sites for hydroxylation is 1. The van der Waals surface area contributed by atoms with Gasteiger partial charge < -0.3 is 20.1 Å². The van der Waals surface area contributed by atoms with E-state index >= 15 is 0 Å². The molecule has 1 rings (SSSR count). The van der Waals surface area contributed by atoms with Crippen LogP contribution < -0.4 is 10.6 Å². The Balaban J connectivity index is 2.20. The molecular weight excluding hydrogens is 232 g/mol. The van der Waals surface area contributed by atoms with Crippen LogP contribution >= 0.6 is 0 Å². The van der Waals surface area contributed by atoms with E-state index in [1.54, 1.807) is 7.11 Å². The van der Waals surface area contributed by atoms with Crippen LogP contribution in [0.3, 0.4) is 0 Å². The molecule has 0 spiro atoms. The number of aromatic nitrogens is 2. The molecule has 1 aromatic heterocycles. The van der Waals surface area contributed by atoms with Gasteiger partial charge in [-0.3, -0.25) is 0 Å². The van der Waals surface area contributed by atoms with Crippen molar-refractivity contribution < 1.29 is 9.47 Å². The molecule has 0 radical (unpaired) electrons. The molecule has 6 nitrogen and oxygen atoms in total. The summed E-state index contributed by atoms with van der Waals surface area (Å²) in [6, 6.07) is 1.89. The smallest absolute Gasteiger partial charge is 0.131 e. The Morgan fingerprint density at radius 2 is 1.94 bits per heavy atom. The molecule has 18 heavy (non-hydrogen) atoms. The van der Waals surface area contributed by atoms with Crippen molar-refractivity contribution in [1.82, 2.24) is 9.97 Å². The summed E-state index contributed by atoms with van der Waals surface area (Å²) in [5.41, 5.74) is 0. The Labute approximate surface area is 108 Å². The van der Waals surface area contributed by atoms with Crippen LogP contribution in [0.1, 0.15) is 12.2 Å². The molecule has 0 aliphatic rings. The highest BCUT2D eigenvalue weighted by molar-refractivity contribution is 5.46. The number of hydrogen-bond donors (Lipinski definition) is 2. The van der Waals surface area contributed by atoms with Crippen LogP contribution in [0.4, 0.5) is 11.6 Å². The molecule has 0 unspecified atom stereocenters. The van der Waals surface area contributed by atoms with Gasteiger partial charge >= 0.3 is 0 Å². The Morgan fingerprint density at radius 3 is 2.67 bits per heavy atom. The van der Waals surface area contributed by atoms with Gasteiger partial charge in [0.25, 0.3) is 0 Å². The van der Waals surface area contributed by atoms with E-state index in [2.05, 4.69) is 20.6 Å². The molecule has 1 aromatic rings. The fourth-order valence-electron chi connectivity index (χ4n) is 1.42. The summed E-state index contributed by atoms with van der Waals surface area (Å²) < 4.78 is 10.3. The minimum atomic E-state index is 0.643. The predicted molar refractivity (Wildman–Crippen MR) is 72.1 cm³/mol. The largest absolute Gasteiger partial charge is 0.382 e. The van der Waals surface area contributed by atoms with Crippen molar-refractivity contribution in [3.63, 3.8) is 0 Å². The molecule has 0 fully saturated rings. The first kappa shape index (κ1) is 14.7. The fourth-order valence-corrected chi connectivity index (χ4v) is 1.42. The average Bonchev–Trinajstić information content (AvgIpc) is 2.37.